The third-order valence-electron chi connectivity index (χ3n) is 4.91. The first-order chi connectivity index (χ1) is 14.1. The minimum atomic E-state index is -0.543. The Morgan fingerprint density at radius 3 is 2.72 bits per heavy atom. The molecule has 2 heterocycles. The van der Waals surface area contributed by atoms with Crippen molar-refractivity contribution >= 4 is 34.0 Å². The number of rotatable bonds is 4. The van der Waals surface area contributed by atoms with Crippen molar-refractivity contribution in [2.75, 3.05) is 36.4 Å². The summed E-state index contributed by atoms with van der Waals surface area (Å²) >= 11 is 6.56. The van der Waals surface area contributed by atoms with Crippen molar-refractivity contribution in [3.05, 3.63) is 53.4 Å². The van der Waals surface area contributed by atoms with Gasteiger partial charge in [0.05, 0.1) is 5.56 Å². The Morgan fingerprint density at radius 1 is 1.21 bits per heavy atom. The number of phenolic OH excluding ortho intramolecular Hbond substituents is 1. The molecule has 0 spiro atoms. The molecule has 0 radical (unpaired) electrons. The van der Waals surface area contributed by atoms with Crippen LogP contribution in [0, 0.1) is 5.82 Å². The van der Waals surface area contributed by atoms with Crippen LogP contribution in [0.4, 0.5) is 16.0 Å². The highest BCUT2D eigenvalue weighted by molar-refractivity contribution is 6.34. The molecule has 0 saturated carbocycles. The maximum Gasteiger partial charge on any atom is 0.160 e. The van der Waals surface area contributed by atoms with E-state index in [1.54, 1.807) is 18.3 Å². The number of halogens is 2. The van der Waals surface area contributed by atoms with Crippen molar-refractivity contribution in [1.29, 1.82) is 0 Å². The summed E-state index contributed by atoms with van der Waals surface area (Å²) in [6, 6.07) is 7.71. The molecule has 1 aliphatic rings. The molecule has 8 heteroatoms. The molecule has 0 amide bonds. The summed E-state index contributed by atoms with van der Waals surface area (Å²) in [4.78, 5) is 2.15. The number of anilines is 2. The Morgan fingerprint density at radius 2 is 2.00 bits per heavy atom. The first kappa shape index (κ1) is 19.4. The molecule has 0 bridgehead atoms. The zero-order chi connectivity index (χ0) is 20.4. The van der Waals surface area contributed by atoms with Crippen LogP contribution < -0.4 is 15.5 Å². The fourth-order valence-electron chi connectivity index (χ4n) is 3.51. The van der Waals surface area contributed by atoms with Crippen LogP contribution in [0.1, 0.15) is 6.92 Å². The average Bonchev–Trinajstić information content (AvgIpc) is 2.73. The molecule has 3 aromatic rings. The zero-order valence-corrected chi connectivity index (χ0v) is 16.7. The van der Waals surface area contributed by atoms with Gasteiger partial charge in [0.1, 0.15) is 11.6 Å². The van der Waals surface area contributed by atoms with E-state index in [0.717, 1.165) is 42.8 Å². The van der Waals surface area contributed by atoms with Crippen molar-refractivity contribution < 1.29 is 9.50 Å². The second-order valence-electron chi connectivity index (χ2n) is 6.77. The van der Waals surface area contributed by atoms with E-state index in [2.05, 4.69) is 25.7 Å². The van der Waals surface area contributed by atoms with Gasteiger partial charge in [0.15, 0.2) is 11.6 Å². The number of benzene rings is 2. The van der Waals surface area contributed by atoms with Crippen LogP contribution >= 0.6 is 11.6 Å². The van der Waals surface area contributed by atoms with Crippen molar-refractivity contribution in [3.63, 3.8) is 0 Å². The van der Waals surface area contributed by atoms with E-state index in [0.29, 0.717) is 16.4 Å². The van der Waals surface area contributed by atoms with E-state index >= 15 is 0 Å². The number of nitrogens with zero attached hydrogens (tertiary/aromatic N) is 3. The summed E-state index contributed by atoms with van der Waals surface area (Å²) in [6.07, 6.45) is 3.60. The van der Waals surface area contributed by atoms with Crippen LogP contribution in [-0.4, -0.2) is 41.5 Å². The Hall–Kier alpha value is -2.90. The van der Waals surface area contributed by atoms with Gasteiger partial charge in [0, 0.05) is 47.5 Å². The normalized spacial score (nSPS) is 14.7. The SMILES string of the molecule is C/C=C/Nc1nnc(N2CCNCC2)c2cc(Cl)c(-c3c(O)cccc3F)cc12. The van der Waals surface area contributed by atoms with Gasteiger partial charge in [-0.1, -0.05) is 23.7 Å². The molecule has 0 aliphatic carbocycles. The largest absolute Gasteiger partial charge is 0.507 e. The fourth-order valence-corrected chi connectivity index (χ4v) is 3.77. The number of hydrogen-bond donors (Lipinski definition) is 3. The van der Waals surface area contributed by atoms with Crippen molar-refractivity contribution in [2.45, 2.75) is 6.92 Å². The standard InChI is InChI=1S/C21H21ClFN5O/c1-2-6-25-20-13-11-15(19-17(23)4-3-5-18(19)29)16(22)12-14(13)21(27-26-20)28-9-7-24-8-10-28/h2-6,11-12,24,29H,7-10H2,1H3,(H,25,26)/b6-2+. The number of aromatic nitrogens is 2. The average molecular weight is 414 g/mol. The third-order valence-corrected chi connectivity index (χ3v) is 5.22. The van der Waals surface area contributed by atoms with Gasteiger partial charge in [-0.3, -0.25) is 0 Å². The molecular formula is C21H21ClFN5O. The highest BCUT2D eigenvalue weighted by Crippen LogP contribution is 2.41. The topological polar surface area (TPSA) is 73.3 Å². The van der Waals surface area contributed by atoms with E-state index in [1.807, 2.05) is 13.0 Å². The molecule has 1 aromatic heterocycles. The Kier molecular flexibility index (Phi) is 5.51. The lowest BCUT2D eigenvalue weighted by molar-refractivity contribution is 0.472. The predicted molar refractivity (Wildman–Crippen MR) is 115 cm³/mol. The monoisotopic (exact) mass is 413 g/mol. The molecule has 1 fully saturated rings. The van der Waals surface area contributed by atoms with Gasteiger partial charge >= 0.3 is 0 Å². The van der Waals surface area contributed by atoms with Gasteiger partial charge in [0.2, 0.25) is 0 Å². The first-order valence-electron chi connectivity index (χ1n) is 9.41. The number of aromatic hydroxyl groups is 1. The second kappa shape index (κ2) is 8.23. The van der Waals surface area contributed by atoms with Crippen LogP contribution in [0.2, 0.25) is 5.02 Å². The van der Waals surface area contributed by atoms with Crippen LogP contribution in [0.15, 0.2) is 42.6 Å². The van der Waals surface area contributed by atoms with Crippen LogP contribution in [0.5, 0.6) is 5.75 Å². The molecule has 150 valence electrons. The third kappa shape index (κ3) is 3.71. The van der Waals surface area contributed by atoms with E-state index in [4.69, 9.17) is 11.6 Å². The molecule has 4 rings (SSSR count). The van der Waals surface area contributed by atoms with Crippen molar-refractivity contribution in [2.24, 2.45) is 0 Å². The molecule has 29 heavy (non-hydrogen) atoms. The quantitative estimate of drug-likeness (QED) is 0.596. The van der Waals surface area contributed by atoms with Gasteiger partial charge in [-0.25, -0.2) is 4.39 Å². The Labute approximate surface area is 173 Å². The van der Waals surface area contributed by atoms with Crippen LogP contribution in [-0.2, 0) is 0 Å². The van der Waals surface area contributed by atoms with Gasteiger partial charge in [-0.05, 0) is 37.4 Å². The lowest BCUT2D eigenvalue weighted by atomic mass is 10.00. The number of hydrogen-bond acceptors (Lipinski definition) is 6. The Balaban J connectivity index is 1.95. The molecular weight excluding hydrogens is 393 g/mol. The highest BCUT2D eigenvalue weighted by Gasteiger charge is 2.21. The smallest absolute Gasteiger partial charge is 0.160 e. The summed E-state index contributed by atoms with van der Waals surface area (Å²) in [5.41, 5.74) is 0.467. The van der Waals surface area contributed by atoms with E-state index in [-0.39, 0.29) is 11.3 Å². The molecule has 1 saturated heterocycles. The Bertz CT molecular complexity index is 1060. The summed E-state index contributed by atoms with van der Waals surface area (Å²) in [7, 11) is 0. The fraction of sp³-hybridized carbons (Fsp3) is 0.238. The summed E-state index contributed by atoms with van der Waals surface area (Å²) in [5, 5.41) is 27.4. The van der Waals surface area contributed by atoms with Gasteiger partial charge in [-0.15, -0.1) is 10.2 Å². The highest BCUT2D eigenvalue weighted by atomic mass is 35.5. The van der Waals surface area contributed by atoms with E-state index < -0.39 is 5.82 Å². The summed E-state index contributed by atoms with van der Waals surface area (Å²) < 4.78 is 14.5. The van der Waals surface area contributed by atoms with Crippen molar-refractivity contribution in [3.8, 4) is 16.9 Å². The zero-order valence-electron chi connectivity index (χ0n) is 15.9. The number of phenols is 1. The maximum absolute atomic E-state index is 14.5. The molecule has 6 nitrogen and oxygen atoms in total. The summed E-state index contributed by atoms with van der Waals surface area (Å²) in [5.74, 6) is 0.557. The number of nitrogens with one attached hydrogen (secondary N) is 2. The lowest BCUT2D eigenvalue weighted by Crippen LogP contribution is -2.44. The number of piperazine rings is 1. The van der Waals surface area contributed by atoms with E-state index in [1.165, 1.54) is 18.2 Å². The minimum Gasteiger partial charge on any atom is -0.507 e. The molecule has 0 unspecified atom stereocenters. The van der Waals surface area contributed by atoms with Gasteiger partial charge in [-0.2, -0.15) is 0 Å². The van der Waals surface area contributed by atoms with Gasteiger partial charge < -0.3 is 20.6 Å². The minimum absolute atomic E-state index is 0.0666. The lowest BCUT2D eigenvalue weighted by Gasteiger charge is -2.29. The molecule has 2 aromatic carbocycles. The van der Waals surface area contributed by atoms with Gasteiger partial charge in [0.25, 0.3) is 0 Å². The number of fused-ring (bicyclic) bond motifs is 1. The molecule has 1 aliphatic heterocycles. The van der Waals surface area contributed by atoms with Crippen LogP contribution in [0.3, 0.4) is 0 Å². The van der Waals surface area contributed by atoms with E-state index in [9.17, 15) is 9.50 Å². The molecule has 3 N–H and O–H groups in total. The maximum atomic E-state index is 14.5. The van der Waals surface area contributed by atoms with Crippen molar-refractivity contribution in [1.82, 2.24) is 15.5 Å². The van der Waals surface area contributed by atoms with Crippen LogP contribution in [0.25, 0.3) is 21.9 Å². The number of allylic oxidation sites excluding steroid dienone is 1. The first-order valence-corrected chi connectivity index (χ1v) is 9.79. The predicted octanol–water partition coefficient (Wildman–Crippen LogP) is 4.15. The summed E-state index contributed by atoms with van der Waals surface area (Å²) in [6.45, 7) is 5.21. The second-order valence-corrected chi connectivity index (χ2v) is 7.17. The molecule has 0 atom stereocenters.